The van der Waals surface area contributed by atoms with Crippen LogP contribution in [0.2, 0.25) is 0 Å². The number of nitrogens with two attached hydrogens (primary N) is 1. The summed E-state index contributed by atoms with van der Waals surface area (Å²) in [6.07, 6.45) is -4.56. The quantitative estimate of drug-likeness (QED) is 0.643. The standard InChI is InChI=1S/C17H13BrF3N5O/c1-26-12(8-13(25-26)17(19,20)21)11-5-6-14(23-15(11)22)24-16(27)9-3-2-4-10(18)7-9/h2-8H,1H3,(H3,22,23,24,27). The molecule has 27 heavy (non-hydrogen) atoms. The molecule has 0 saturated heterocycles. The molecule has 0 radical (unpaired) electrons. The number of aryl methyl sites for hydroxylation is 1. The second-order valence-electron chi connectivity index (χ2n) is 5.63. The first-order valence-corrected chi connectivity index (χ1v) is 8.39. The van der Waals surface area contributed by atoms with E-state index >= 15 is 0 Å². The fraction of sp³-hybridized carbons (Fsp3) is 0.118. The topological polar surface area (TPSA) is 85.8 Å². The summed E-state index contributed by atoms with van der Waals surface area (Å²) in [5.74, 6) is -0.242. The molecule has 0 aliphatic rings. The van der Waals surface area contributed by atoms with Crippen molar-refractivity contribution in [3.8, 4) is 11.3 Å². The lowest BCUT2D eigenvalue weighted by Gasteiger charge is -2.09. The Bertz CT molecular complexity index is 1020. The van der Waals surface area contributed by atoms with Crippen molar-refractivity contribution in [1.82, 2.24) is 14.8 Å². The number of pyridine rings is 1. The number of nitrogens with zero attached hydrogens (tertiary/aromatic N) is 3. The number of anilines is 2. The van der Waals surface area contributed by atoms with Crippen molar-refractivity contribution in [2.24, 2.45) is 7.05 Å². The summed E-state index contributed by atoms with van der Waals surface area (Å²) in [5.41, 5.74) is 5.72. The summed E-state index contributed by atoms with van der Waals surface area (Å²) in [7, 11) is 1.38. The predicted molar refractivity (Wildman–Crippen MR) is 97.9 cm³/mol. The van der Waals surface area contributed by atoms with Crippen molar-refractivity contribution in [1.29, 1.82) is 0 Å². The molecule has 3 N–H and O–H groups in total. The van der Waals surface area contributed by atoms with Crippen LogP contribution in [0.15, 0.2) is 46.9 Å². The van der Waals surface area contributed by atoms with Crippen molar-refractivity contribution in [3.05, 3.63) is 58.2 Å². The van der Waals surface area contributed by atoms with Crippen LogP contribution >= 0.6 is 15.9 Å². The van der Waals surface area contributed by atoms with E-state index in [1.54, 1.807) is 24.3 Å². The maximum Gasteiger partial charge on any atom is 0.435 e. The smallest absolute Gasteiger partial charge is 0.383 e. The van der Waals surface area contributed by atoms with E-state index in [1.807, 2.05) is 0 Å². The fourth-order valence-electron chi connectivity index (χ4n) is 2.44. The van der Waals surface area contributed by atoms with Gasteiger partial charge < -0.3 is 11.1 Å². The van der Waals surface area contributed by atoms with Crippen molar-refractivity contribution in [2.45, 2.75) is 6.18 Å². The van der Waals surface area contributed by atoms with Gasteiger partial charge in [0.1, 0.15) is 11.6 Å². The van der Waals surface area contributed by atoms with Gasteiger partial charge in [-0.1, -0.05) is 22.0 Å². The Hall–Kier alpha value is -2.88. The van der Waals surface area contributed by atoms with Gasteiger partial charge in [0.2, 0.25) is 0 Å². The number of hydrogen-bond acceptors (Lipinski definition) is 4. The maximum absolute atomic E-state index is 12.8. The van der Waals surface area contributed by atoms with Crippen molar-refractivity contribution >= 4 is 33.5 Å². The first-order chi connectivity index (χ1) is 12.6. The van der Waals surface area contributed by atoms with Crippen LogP contribution in [-0.2, 0) is 13.2 Å². The Morgan fingerprint density at radius 2 is 1.96 bits per heavy atom. The number of nitrogen functional groups attached to an aromatic ring is 1. The van der Waals surface area contributed by atoms with Gasteiger partial charge in [0.05, 0.1) is 5.69 Å². The van der Waals surface area contributed by atoms with E-state index in [-0.39, 0.29) is 22.9 Å². The van der Waals surface area contributed by atoms with Gasteiger partial charge in [0.15, 0.2) is 5.69 Å². The largest absolute Gasteiger partial charge is 0.435 e. The zero-order chi connectivity index (χ0) is 19.8. The van der Waals surface area contributed by atoms with Gasteiger partial charge in [-0.3, -0.25) is 9.48 Å². The number of carbonyl (C=O) groups excluding carboxylic acids is 1. The predicted octanol–water partition coefficient (Wildman–Crippen LogP) is 4.10. The minimum absolute atomic E-state index is 0.0289. The molecule has 1 amide bonds. The van der Waals surface area contributed by atoms with Gasteiger partial charge in [0.25, 0.3) is 5.91 Å². The number of nitrogens with one attached hydrogen (secondary N) is 1. The number of carbonyl (C=O) groups is 1. The molecule has 6 nitrogen and oxygen atoms in total. The minimum atomic E-state index is -4.56. The van der Waals surface area contributed by atoms with E-state index in [9.17, 15) is 18.0 Å². The Morgan fingerprint density at radius 3 is 2.56 bits per heavy atom. The van der Waals surface area contributed by atoms with E-state index < -0.39 is 17.8 Å². The number of hydrogen-bond donors (Lipinski definition) is 2. The Balaban J connectivity index is 1.86. The summed E-state index contributed by atoms with van der Waals surface area (Å²) in [4.78, 5) is 16.3. The van der Waals surface area contributed by atoms with Gasteiger partial charge >= 0.3 is 6.18 Å². The Morgan fingerprint density at radius 1 is 1.22 bits per heavy atom. The molecule has 1 aromatic carbocycles. The first-order valence-electron chi connectivity index (χ1n) is 7.60. The third kappa shape index (κ3) is 4.11. The third-order valence-electron chi connectivity index (χ3n) is 3.70. The molecule has 0 aliphatic carbocycles. The molecule has 140 valence electrons. The zero-order valence-corrected chi connectivity index (χ0v) is 15.5. The van der Waals surface area contributed by atoms with E-state index in [0.717, 1.165) is 15.2 Å². The molecule has 3 rings (SSSR count). The first kappa shape index (κ1) is 18.9. The number of amides is 1. The van der Waals surface area contributed by atoms with E-state index in [2.05, 4.69) is 31.3 Å². The lowest BCUT2D eigenvalue weighted by atomic mass is 10.1. The summed E-state index contributed by atoms with van der Waals surface area (Å²) in [6.45, 7) is 0. The van der Waals surface area contributed by atoms with Crippen LogP contribution in [0.4, 0.5) is 24.8 Å². The van der Waals surface area contributed by atoms with Crippen LogP contribution < -0.4 is 11.1 Å². The lowest BCUT2D eigenvalue weighted by Crippen LogP contribution is -2.13. The molecule has 0 saturated carbocycles. The Labute approximate surface area is 160 Å². The molecular formula is C17H13BrF3N5O. The van der Waals surface area contributed by atoms with E-state index in [4.69, 9.17) is 5.73 Å². The van der Waals surface area contributed by atoms with Gasteiger partial charge in [-0.15, -0.1) is 0 Å². The molecule has 0 bridgehead atoms. The van der Waals surface area contributed by atoms with Gasteiger partial charge in [-0.2, -0.15) is 18.3 Å². The van der Waals surface area contributed by atoms with Crippen LogP contribution in [0, 0.1) is 0 Å². The van der Waals surface area contributed by atoms with E-state index in [1.165, 1.54) is 19.2 Å². The van der Waals surface area contributed by atoms with Crippen LogP contribution in [0.1, 0.15) is 16.1 Å². The van der Waals surface area contributed by atoms with Gasteiger partial charge in [-0.25, -0.2) is 4.98 Å². The Kier molecular flexibility index (Phi) is 4.92. The number of rotatable bonds is 3. The molecule has 0 spiro atoms. The monoisotopic (exact) mass is 439 g/mol. The van der Waals surface area contributed by atoms with Crippen LogP contribution in [0.3, 0.4) is 0 Å². The lowest BCUT2D eigenvalue weighted by molar-refractivity contribution is -0.141. The molecule has 10 heteroatoms. The van der Waals surface area contributed by atoms with Crippen LogP contribution in [-0.4, -0.2) is 20.7 Å². The molecule has 0 unspecified atom stereocenters. The number of aromatic nitrogens is 3. The summed E-state index contributed by atoms with van der Waals surface area (Å²) >= 11 is 3.28. The molecule has 0 atom stereocenters. The SMILES string of the molecule is Cn1nc(C(F)(F)F)cc1-c1ccc(NC(=O)c2cccc(Br)c2)nc1N. The number of halogens is 4. The number of alkyl halides is 3. The second kappa shape index (κ2) is 7.03. The van der Waals surface area contributed by atoms with Gasteiger partial charge in [-0.05, 0) is 36.4 Å². The highest BCUT2D eigenvalue weighted by molar-refractivity contribution is 9.10. The highest BCUT2D eigenvalue weighted by atomic mass is 79.9. The maximum atomic E-state index is 12.8. The van der Waals surface area contributed by atoms with Crippen molar-refractivity contribution in [3.63, 3.8) is 0 Å². The zero-order valence-electron chi connectivity index (χ0n) is 13.9. The molecular weight excluding hydrogens is 427 g/mol. The second-order valence-corrected chi connectivity index (χ2v) is 6.55. The molecule has 0 aliphatic heterocycles. The van der Waals surface area contributed by atoms with Crippen LogP contribution in [0.25, 0.3) is 11.3 Å². The van der Waals surface area contributed by atoms with Crippen molar-refractivity contribution < 1.29 is 18.0 Å². The normalized spacial score (nSPS) is 11.4. The number of benzene rings is 1. The van der Waals surface area contributed by atoms with Crippen LogP contribution in [0.5, 0.6) is 0 Å². The average molecular weight is 440 g/mol. The molecule has 0 fully saturated rings. The molecule has 3 aromatic rings. The highest BCUT2D eigenvalue weighted by Gasteiger charge is 2.35. The summed E-state index contributed by atoms with van der Waals surface area (Å²) in [5, 5.41) is 6.05. The average Bonchev–Trinajstić information content (AvgIpc) is 2.97. The molecule has 2 aromatic heterocycles. The van der Waals surface area contributed by atoms with Gasteiger partial charge in [0, 0.05) is 22.6 Å². The third-order valence-corrected chi connectivity index (χ3v) is 4.19. The van der Waals surface area contributed by atoms with Crippen molar-refractivity contribution in [2.75, 3.05) is 11.1 Å². The fourth-order valence-corrected chi connectivity index (χ4v) is 2.84. The highest BCUT2D eigenvalue weighted by Crippen LogP contribution is 2.33. The summed E-state index contributed by atoms with van der Waals surface area (Å²) < 4.78 is 40.3. The summed E-state index contributed by atoms with van der Waals surface area (Å²) in [6, 6.07) is 10.6. The van der Waals surface area contributed by atoms with E-state index in [0.29, 0.717) is 5.56 Å². The minimum Gasteiger partial charge on any atom is -0.383 e. The molecule has 2 heterocycles.